The Balaban J connectivity index is 1.87. The second-order valence-electron chi connectivity index (χ2n) is 8.32. The molecule has 1 aliphatic rings. The van der Waals surface area contributed by atoms with Gasteiger partial charge in [-0.25, -0.2) is 8.42 Å². The van der Waals surface area contributed by atoms with Gasteiger partial charge in [-0.1, -0.05) is 54.6 Å². The summed E-state index contributed by atoms with van der Waals surface area (Å²) in [6.07, 6.45) is -1.15. The number of hydrogen-bond acceptors (Lipinski definition) is 7. The first-order valence-corrected chi connectivity index (χ1v) is 12.2. The highest BCUT2D eigenvalue weighted by Crippen LogP contribution is 2.40. The van der Waals surface area contributed by atoms with Crippen LogP contribution in [0.15, 0.2) is 71.6 Å². The Morgan fingerprint density at radius 2 is 1.76 bits per heavy atom. The number of ether oxygens (including phenoxy) is 2. The Kier molecular flexibility index (Phi) is 6.44. The Bertz CT molecular complexity index is 1340. The maximum Gasteiger partial charge on any atom is 0.327 e. The van der Waals surface area contributed by atoms with Gasteiger partial charge in [-0.3, -0.25) is 9.59 Å². The predicted molar refractivity (Wildman–Crippen MR) is 125 cm³/mol. The third-order valence-electron chi connectivity index (χ3n) is 5.97. The lowest BCUT2D eigenvalue weighted by Gasteiger charge is -2.35. The Hall–Kier alpha value is -3.27. The lowest BCUT2D eigenvalue weighted by molar-refractivity contribution is -0.151. The monoisotopic (exact) mass is 483 g/mol. The van der Waals surface area contributed by atoms with Crippen LogP contribution in [-0.2, 0) is 30.8 Å². The summed E-state index contributed by atoms with van der Waals surface area (Å²) >= 11 is 0. The van der Waals surface area contributed by atoms with Gasteiger partial charge in [0.25, 0.3) is 0 Å². The number of carbonyl (C=O) groups is 2. The molecule has 34 heavy (non-hydrogen) atoms. The Labute approximate surface area is 197 Å². The molecule has 3 aromatic carbocycles. The Morgan fingerprint density at radius 3 is 2.44 bits per heavy atom. The third-order valence-corrected chi connectivity index (χ3v) is 7.88. The third kappa shape index (κ3) is 4.29. The molecular weight excluding hydrogens is 458 g/mol. The van der Waals surface area contributed by atoms with Crippen LogP contribution in [0.5, 0.6) is 5.75 Å². The smallest absolute Gasteiger partial charge is 0.327 e. The molecule has 0 amide bonds. The second-order valence-corrected chi connectivity index (χ2v) is 10.2. The van der Waals surface area contributed by atoms with Gasteiger partial charge in [0.2, 0.25) is 10.0 Å². The van der Waals surface area contributed by atoms with E-state index in [1.807, 2.05) is 6.07 Å². The minimum Gasteiger partial charge on any atom is -0.468 e. The van der Waals surface area contributed by atoms with Crippen LogP contribution in [0.3, 0.4) is 0 Å². The molecule has 3 aromatic rings. The van der Waals surface area contributed by atoms with Crippen molar-refractivity contribution in [1.82, 2.24) is 4.31 Å². The number of sulfonamides is 1. The number of aliphatic hydroxyl groups is 1. The van der Waals surface area contributed by atoms with Gasteiger partial charge in [0.05, 0.1) is 18.1 Å². The summed E-state index contributed by atoms with van der Waals surface area (Å²) in [7, 11) is -3.13. The zero-order valence-electron chi connectivity index (χ0n) is 18.8. The van der Waals surface area contributed by atoms with Gasteiger partial charge in [0.1, 0.15) is 11.3 Å². The van der Waals surface area contributed by atoms with Crippen molar-refractivity contribution in [3.05, 3.63) is 72.3 Å². The molecule has 1 aliphatic heterocycles. The minimum absolute atomic E-state index is 0.0290. The summed E-state index contributed by atoms with van der Waals surface area (Å²) < 4.78 is 39.3. The molecule has 1 N–H and O–H groups in total. The number of esters is 2. The highest BCUT2D eigenvalue weighted by molar-refractivity contribution is 7.89. The van der Waals surface area contributed by atoms with Crippen LogP contribution in [0.4, 0.5) is 0 Å². The summed E-state index contributed by atoms with van der Waals surface area (Å²) in [6, 6.07) is 18.6. The molecule has 1 fully saturated rings. The molecule has 0 saturated carbocycles. The molecule has 178 valence electrons. The quantitative estimate of drug-likeness (QED) is 0.424. The van der Waals surface area contributed by atoms with Crippen molar-refractivity contribution in [2.45, 2.75) is 36.3 Å². The molecule has 0 aromatic heterocycles. The number of methoxy groups -OCH3 is 1. The molecule has 2 atom stereocenters. The van der Waals surface area contributed by atoms with E-state index in [-0.39, 0.29) is 30.0 Å². The SMILES string of the molecule is COC(=O)[C@]1(Cc2ccccc2)CC(O)CN1S(=O)(=O)c1cc(OC(C)=O)c2ccccc2c1. The maximum atomic E-state index is 14.0. The highest BCUT2D eigenvalue weighted by Gasteiger charge is 2.57. The number of fused-ring (bicyclic) bond motifs is 1. The van der Waals surface area contributed by atoms with Crippen LogP contribution in [0, 0.1) is 0 Å². The molecule has 0 bridgehead atoms. The summed E-state index contributed by atoms with van der Waals surface area (Å²) in [5.41, 5.74) is -0.914. The largest absolute Gasteiger partial charge is 0.468 e. The van der Waals surface area contributed by atoms with Gasteiger partial charge in [-0.2, -0.15) is 4.31 Å². The first-order chi connectivity index (χ1) is 16.2. The summed E-state index contributed by atoms with van der Waals surface area (Å²) in [4.78, 5) is 24.6. The van der Waals surface area contributed by atoms with E-state index >= 15 is 0 Å². The van der Waals surface area contributed by atoms with Gasteiger partial charge < -0.3 is 14.6 Å². The van der Waals surface area contributed by atoms with E-state index in [1.54, 1.807) is 48.5 Å². The number of benzene rings is 3. The van der Waals surface area contributed by atoms with E-state index in [1.165, 1.54) is 26.2 Å². The summed E-state index contributed by atoms with van der Waals surface area (Å²) in [5.74, 6) is -1.25. The van der Waals surface area contributed by atoms with Crippen molar-refractivity contribution < 1.29 is 32.6 Å². The van der Waals surface area contributed by atoms with Crippen LogP contribution in [0.25, 0.3) is 10.8 Å². The molecule has 0 aliphatic carbocycles. The van der Waals surface area contributed by atoms with Crippen molar-refractivity contribution in [1.29, 1.82) is 0 Å². The summed E-state index contributed by atoms with van der Waals surface area (Å²) in [6.45, 7) is 0.953. The molecule has 1 unspecified atom stereocenters. The Morgan fingerprint density at radius 1 is 1.09 bits per heavy atom. The number of hydrogen-bond donors (Lipinski definition) is 1. The fraction of sp³-hybridized carbons (Fsp3) is 0.280. The number of aliphatic hydroxyl groups excluding tert-OH is 1. The first-order valence-electron chi connectivity index (χ1n) is 10.7. The van der Waals surface area contributed by atoms with E-state index in [0.717, 1.165) is 9.87 Å². The molecule has 1 heterocycles. The second kappa shape index (κ2) is 9.17. The fourth-order valence-electron chi connectivity index (χ4n) is 4.56. The minimum atomic E-state index is -4.32. The van der Waals surface area contributed by atoms with E-state index < -0.39 is 33.6 Å². The van der Waals surface area contributed by atoms with Gasteiger partial charge in [-0.15, -0.1) is 0 Å². The van der Waals surface area contributed by atoms with Gasteiger partial charge in [-0.05, 0) is 17.0 Å². The van der Waals surface area contributed by atoms with E-state index in [0.29, 0.717) is 10.8 Å². The van der Waals surface area contributed by atoms with E-state index in [9.17, 15) is 23.1 Å². The molecule has 8 nitrogen and oxygen atoms in total. The van der Waals surface area contributed by atoms with Crippen LogP contribution < -0.4 is 4.74 Å². The van der Waals surface area contributed by atoms with Gasteiger partial charge in [0, 0.05) is 37.8 Å². The lowest BCUT2D eigenvalue weighted by Crippen LogP contribution is -2.55. The lowest BCUT2D eigenvalue weighted by atomic mass is 9.88. The zero-order chi connectivity index (χ0) is 24.5. The van der Waals surface area contributed by atoms with Crippen molar-refractivity contribution >= 4 is 32.7 Å². The fourth-order valence-corrected chi connectivity index (χ4v) is 6.38. The van der Waals surface area contributed by atoms with Crippen LogP contribution in [0.1, 0.15) is 18.9 Å². The topological polar surface area (TPSA) is 110 Å². The predicted octanol–water partition coefficient (Wildman–Crippen LogP) is 2.67. The van der Waals surface area contributed by atoms with Crippen molar-refractivity contribution in [2.24, 2.45) is 0 Å². The number of rotatable bonds is 6. The average molecular weight is 484 g/mol. The van der Waals surface area contributed by atoms with Gasteiger partial charge in [0.15, 0.2) is 0 Å². The van der Waals surface area contributed by atoms with E-state index in [2.05, 4.69) is 0 Å². The first kappa shape index (κ1) is 23.9. The normalized spacial score (nSPS) is 20.9. The molecule has 0 radical (unpaired) electrons. The van der Waals surface area contributed by atoms with E-state index in [4.69, 9.17) is 9.47 Å². The molecule has 1 saturated heterocycles. The van der Waals surface area contributed by atoms with Crippen molar-refractivity contribution in [3.63, 3.8) is 0 Å². The number of nitrogens with zero attached hydrogens (tertiary/aromatic N) is 1. The van der Waals surface area contributed by atoms with Crippen molar-refractivity contribution in [2.75, 3.05) is 13.7 Å². The standard InChI is InChI=1S/C25H25NO7S/c1-17(27)33-23-13-21(12-19-10-6-7-11-22(19)23)34(30,31)26-16-20(28)15-25(26,24(29)32-2)14-18-8-4-3-5-9-18/h3-13,20,28H,14-16H2,1-2H3/t20?,25-/m0/s1. The van der Waals surface area contributed by atoms with Crippen LogP contribution >= 0.6 is 0 Å². The van der Waals surface area contributed by atoms with Crippen molar-refractivity contribution in [3.8, 4) is 5.75 Å². The molecule has 9 heteroatoms. The molecule has 0 spiro atoms. The number of β-amino-alcohol motifs (C(OH)–C–C–N with tert-alkyl or cyclic N) is 1. The number of carbonyl (C=O) groups excluding carboxylic acids is 2. The highest BCUT2D eigenvalue weighted by atomic mass is 32.2. The molecular formula is C25H25NO7S. The molecule has 4 rings (SSSR count). The van der Waals surface area contributed by atoms with Crippen LogP contribution in [-0.4, -0.2) is 55.1 Å². The zero-order valence-corrected chi connectivity index (χ0v) is 19.6. The maximum absolute atomic E-state index is 14.0. The van der Waals surface area contributed by atoms with Gasteiger partial charge >= 0.3 is 11.9 Å². The summed E-state index contributed by atoms with van der Waals surface area (Å²) in [5, 5.41) is 11.6. The van der Waals surface area contributed by atoms with Crippen LogP contribution in [0.2, 0.25) is 0 Å². The average Bonchev–Trinajstić information content (AvgIpc) is 3.16.